The van der Waals surface area contributed by atoms with Crippen molar-refractivity contribution in [2.45, 2.75) is 37.9 Å². The van der Waals surface area contributed by atoms with Gasteiger partial charge in [-0.3, -0.25) is 0 Å². The molecule has 3 N–H and O–H groups in total. The molecule has 2 aliphatic rings. The van der Waals surface area contributed by atoms with E-state index < -0.39 is 6.10 Å². The average Bonchev–Trinajstić information content (AvgIpc) is 2.82. The summed E-state index contributed by atoms with van der Waals surface area (Å²) in [5.74, 6) is 0. The molecule has 0 aromatic heterocycles. The van der Waals surface area contributed by atoms with Gasteiger partial charge in [0, 0.05) is 31.8 Å². The number of hydrogen-bond acceptors (Lipinski definition) is 4. The van der Waals surface area contributed by atoms with Gasteiger partial charge in [-0.1, -0.05) is 0 Å². The van der Waals surface area contributed by atoms with Crippen LogP contribution >= 0.6 is 0 Å². The molecule has 0 spiro atoms. The first-order valence-corrected chi connectivity index (χ1v) is 5.86. The van der Waals surface area contributed by atoms with E-state index in [1.54, 1.807) is 0 Å². The zero-order chi connectivity index (χ0) is 10.7. The number of aliphatic hydroxyl groups is 1. The molecule has 2 heterocycles. The summed E-state index contributed by atoms with van der Waals surface area (Å²) in [4.78, 5) is 0. The molecule has 2 rings (SSSR count). The van der Waals surface area contributed by atoms with Gasteiger partial charge in [-0.15, -0.1) is 0 Å². The second-order valence-corrected chi connectivity index (χ2v) is 4.68. The quantitative estimate of drug-likeness (QED) is 0.710. The van der Waals surface area contributed by atoms with Gasteiger partial charge in [0.1, 0.15) is 0 Å². The SMILES string of the molecule is NCC1([C@@H](O)[C@H]2CCCO2)CCOCC1. The standard InChI is InChI=1S/C11H21NO3/c12-8-11(3-6-14-7-4-11)10(13)9-2-1-5-15-9/h9-10,13H,1-8,12H2/t9-,10+/m1/s1. The fourth-order valence-electron chi connectivity index (χ4n) is 2.64. The molecular weight excluding hydrogens is 194 g/mol. The van der Waals surface area contributed by atoms with E-state index in [9.17, 15) is 5.11 Å². The van der Waals surface area contributed by atoms with Crippen LogP contribution in [0.4, 0.5) is 0 Å². The van der Waals surface area contributed by atoms with E-state index in [1.165, 1.54) is 0 Å². The highest BCUT2D eigenvalue weighted by Gasteiger charge is 2.43. The Bertz CT molecular complexity index is 198. The van der Waals surface area contributed by atoms with Crippen LogP contribution in [0.1, 0.15) is 25.7 Å². The maximum Gasteiger partial charge on any atom is 0.0871 e. The minimum absolute atomic E-state index is 0.00773. The highest BCUT2D eigenvalue weighted by Crippen LogP contribution is 2.37. The number of rotatable bonds is 3. The van der Waals surface area contributed by atoms with Crippen molar-refractivity contribution in [1.82, 2.24) is 0 Å². The predicted octanol–water partition coefficient (Wildman–Crippen LogP) is 0.282. The zero-order valence-electron chi connectivity index (χ0n) is 9.15. The summed E-state index contributed by atoms with van der Waals surface area (Å²) in [6.07, 6.45) is 3.29. The van der Waals surface area contributed by atoms with E-state index in [-0.39, 0.29) is 11.5 Å². The van der Waals surface area contributed by atoms with Crippen LogP contribution in [0.3, 0.4) is 0 Å². The summed E-state index contributed by atoms with van der Waals surface area (Å²) >= 11 is 0. The summed E-state index contributed by atoms with van der Waals surface area (Å²) in [7, 11) is 0. The van der Waals surface area contributed by atoms with Gasteiger partial charge in [0.2, 0.25) is 0 Å². The van der Waals surface area contributed by atoms with E-state index in [1.807, 2.05) is 0 Å². The van der Waals surface area contributed by atoms with Gasteiger partial charge in [0.05, 0.1) is 12.2 Å². The van der Waals surface area contributed by atoms with Gasteiger partial charge < -0.3 is 20.3 Å². The van der Waals surface area contributed by atoms with Crippen LogP contribution in [-0.4, -0.2) is 43.7 Å². The lowest BCUT2D eigenvalue weighted by molar-refractivity contribution is -0.110. The smallest absolute Gasteiger partial charge is 0.0871 e. The van der Waals surface area contributed by atoms with E-state index in [0.29, 0.717) is 19.8 Å². The zero-order valence-corrected chi connectivity index (χ0v) is 9.15. The van der Waals surface area contributed by atoms with Crippen LogP contribution in [0.2, 0.25) is 0 Å². The Morgan fingerprint density at radius 2 is 2.07 bits per heavy atom. The Balaban J connectivity index is 2.02. The molecular formula is C11H21NO3. The van der Waals surface area contributed by atoms with Gasteiger partial charge in [-0.05, 0) is 25.7 Å². The minimum atomic E-state index is -0.422. The lowest BCUT2D eigenvalue weighted by atomic mass is 9.73. The largest absolute Gasteiger partial charge is 0.390 e. The maximum atomic E-state index is 10.4. The first kappa shape index (κ1) is 11.3. The Morgan fingerprint density at radius 1 is 1.33 bits per heavy atom. The van der Waals surface area contributed by atoms with Crippen LogP contribution < -0.4 is 5.73 Å². The molecule has 0 aromatic rings. The van der Waals surface area contributed by atoms with Crippen LogP contribution in [0.15, 0.2) is 0 Å². The summed E-state index contributed by atoms with van der Waals surface area (Å²) < 4.78 is 10.9. The molecule has 0 radical (unpaired) electrons. The van der Waals surface area contributed by atoms with Crippen LogP contribution in [0.25, 0.3) is 0 Å². The maximum absolute atomic E-state index is 10.4. The van der Waals surface area contributed by atoms with Crippen molar-refractivity contribution in [3.63, 3.8) is 0 Å². The fraction of sp³-hybridized carbons (Fsp3) is 1.00. The van der Waals surface area contributed by atoms with Crippen LogP contribution in [0.5, 0.6) is 0 Å². The molecule has 0 unspecified atom stereocenters. The first-order valence-electron chi connectivity index (χ1n) is 5.86. The predicted molar refractivity (Wildman–Crippen MR) is 56.5 cm³/mol. The van der Waals surface area contributed by atoms with Crippen molar-refractivity contribution in [2.24, 2.45) is 11.1 Å². The molecule has 2 aliphatic heterocycles. The second-order valence-electron chi connectivity index (χ2n) is 4.68. The van der Waals surface area contributed by atoms with Crippen LogP contribution in [-0.2, 0) is 9.47 Å². The first-order chi connectivity index (χ1) is 7.28. The summed E-state index contributed by atoms with van der Waals surface area (Å²) in [6.45, 7) is 2.72. The molecule has 0 aromatic carbocycles. The molecule has 2 fully saturated rings. The van der Waals surface area contributed by atoms with Gasteiger partial charge in [-0.25, -0.2) is 0 Å². The molecule has 15 heavy (non-hydrogen) atoms. The van der Waals surface area contributed by atoms with Crippen molar-refractivity contribution >= 4 is 0 Å². The minimum Gasteiger partial charge on any atom is -0.390 e. The Hall–Kier alpha value is -0.160. The molecule has 4 heteroatoms. The molecule has 4 nitrogen and oxygen atoms in total. The second kappa shape index (κ2) is 4.78. The third-order valence-electron chi connectivity index (χ3n) is 3.84. The molecule has 0 bridgehead atoms. The molecule has 0 saturated carbocycles. The van der Waals surface area contributed by atoms with Crippen molar-refractivity contribution in [1.29, 1.82) is 0 Å². The average molecular weight is 215 g/mol. The Kier molecular flexibility index (Phi) is 3.61. The number of aliphatic hydroxyl groups excluding tert-OH is 1. The number of nitrogens with two attached hydrogens (primary N) is 1. The van der Waals surface area contributed by atoms with Gasteiger partial charge in [0.15, 0.2) is 0 Å². The topological polar surface area (TPSA) is 64.7 Å². The summed E-state index contributed by atoms with van der Waals surface area (Å²) in [5, 5.41) is 10.4. The monoisotopic (exact) mass is 215 g/mol. The van der Waals surface area contributed by atoms with E-state index in [2.05, 4.69) is 0 Å². The van der Waals surface area contributed by atoms with Crippen molar-refractivity contribution in [2.75, 3.05) is 26.4 Å². The molecule has 88 valence electrons. The lowest BCUT2D eigenvalue weighted by Crippen LogP contribution is -2.50. The highest BCUT2D eigenvalue weighted by atomic mass is 16.5. The van der Waals surface area contributed by atoms with Gasteiger partial charge in [0.25, 0.3) is 0 Å². The lowest BCUT2D eigenvalue weighted by Gasteiger charge is -2.42. The van der Waals surface area contributed by atoms with Gasteiger partial charge >= 0.3 is 0 Å². The molecule has 0 aliphatic carbocycles. The third kappa shape index (κ3) is 2.18. The van der Waals surface area contributed by atoms with Crippen molar-refractivity contribution in [3.8, 4) is 0 Å². The summed E-state index contributed by atoms with van der Waals surface area (Å²) in [6, 6.07) is 0. The fourth-order valence-corrected chi connectivity index (χ4v) is 2.64. The van der Waals surface area contributed by atoms with Crippen molar-refractivity contribution in [3.05, 3.63) is 0 Å². The highest BCUT2D eigenvalue weighted by molar-refractivity contribution is 4.94. The molecule has 0 amide bonds. The number of hydrogen-bond donors (Lipinski definition) is 2. The molecule has 2 saturated heterocycles. The Morgan fingerprint density at radius 3 is 2.60 bits per heavy atom. The van der Waals surface area contributed by atoms with Crippen LogP contribution in [0, 0.1) is 5.41 Å². The normalized spacial score (nSPS) is 32.8. The third-order valence-corrected chi connectivity index (χ3v) is 3.84. The van der Waals surface area contributed by atoms with E-state index >= 15 is 0 Å². The van der Waals surface area contributed by atoms with Gasteiger partial charge in [-0.2, -0.15) is 0 Å². The van der Waals surface area contributed by atoms with E-state index in [0.717, 1.165) is 32.3 Å². The number of ether oxygens (including phenoxy) is 2. The van der Waals surface area contributed by atoms with Crippen molar-refractivity contribution < 1.29 is 14.6 Å². The molecule has 2 atom stereocenters. The Labute approximate surface area is 90.7 Å². The summed E-state index contributed by atoms with van der Waals surface area (Å²) in [5.41, 5.74) is 5.66. The van der Waals surface area contributed by atoms with E-state index in [4.69, 9.17) is 15.2 Å².